The van der Waals surface area contributed by atoms with Crippen LogP contribution in [0.5, 0.6) is 0 Å². The van der Waals surface area contributed by atoms with Crippen molar-refractivity contribution >= 4 is 17.5 Å². The second-order valence-corrected chi connectivity index (χ2v) is 6.88. The number of halogens is 1. The number of benzene rings is 1. The first-order valence-corrected chi connectivity index (χ1v) is 8.45. The summed E-state index contributed by atoms with van der Waals surface area (Å²) in [6.07, 6.45) is 1.52. The Labute approximate surface area is 147 Å². The van der Waals surface area contributed by atoms with Crippen molar-refractivity contribution in [3.05, 3.63) is 64.9 Å². The summed E-state index contributed by atoms with van der Waals surface area (Å²) in [5, 5.41) is 0.667. The van der Waals surface area contributed by atoms with E-state index in [1.54, 1.807) is 6.20 Å². The lowest BCUT2D eigenvalue weighted by Crippen LogP contribution is -2.49. The predicted octanol–water partition coefficient (Wildman–Crippen LogP) is 3.61. The Morgan fingerprint density at radius 3 is 2.71 bits per heavy atom. The molecule has 0 saturated carbocycles. The standard InChI is InChI=1S/C19H21ClN2O2/c1-19(2,17-9-5-6-10-21-17)18(23)22-11-12-24-16(13-22)14-7-3-4-8-15(14)20/h3-10,16H,11-13H2,1-2H3/t16-/m1/s1. The van der Waals surface area contributed by atoms with Crippen LogP contribution in [0.4, 0.5) is 0 Å². The van der Waals surface area contributed by atoms with Gasteiger partial charge in [0.15, 0.2) is 0 Å². The van der Waals surface area contributed by atoms with Crippen LogP contribution in [0.3, 0.4) is 0 Å². The molecule has 0 unspecified atom stereocenters. The highest BCUT2D eigenvalue weighted by molar-refractivity contribution is 6.31. The molecule has 0 bridgehead atoms. The van der Waals surface area contributed by atoms with E-state index in [2.05, 4.69) is 4.98 Å². The molecule has 1 fully saturated rings. The molecule has 1 aliphatic heterocycles. The van der Waals surface area contributed by atoms with Gasteiger partial charge in [0.25, 0.3) is 0 Å². The Kier molecular flexibility index (Phi) is 4.88. The summed E-state index contributed by atoms with van der Waals surface area (Å²) in [5.41, 5.74) is 1.02. The molecule has 126 valence electrons. The van der Waals surface area contributed by atoms with Crippen molar-refractivity contribution in [2.24, 2.45) is 0 Å². The molecule has 1 amide bonds. The quantitative estimate of drug-likeness (QED) is 0.854. The van der Waals surface area contributed by atoms with Crippen molar-refractivity contribution in [3.8, 4) is 0 Å². The molecule has 0 spiro atoms. The maximum atomic E-state index is 13.1. The van der Waals surface area contributed by atoms with E-state index in [-0.39, 0.29) is 12.0 Å². The molecule has 0 radical (unpaired) electrons. The Bertz CT molecular complexity index is 718. The van der Waals surface area contributed by atoms with Crippen molar-refractivity contribution in [3.63, 3.8) is 0 Å². The summed E-state index contributed by atoms with van der Waals surface area (Å²) in [4.78, 5) is 19.3. The first-order chi connectivity index (χ1) is 11.5. The molecule has 2 heterocycles. The lowest BCUT2D eigenvalue weighted by atomic mass is 9.86. The number of aromatic nitrogens is 1. The average Bonchev–Trinajstić information content (AvgIpc) is 2.62. The highest BCUT2D eigenvalue weighted by atomic mass is 35.5. The Balaban J connectivity index is 1.80. The van der Waals surface area contributed by atoms with Crippen LogP contribution in [0.15, 0.2) is 48.7 Å². The molecule has 0 N–H and O–H groups in total. The summed E-state index contributed by atoms with van der Waals surface area (Å²) in [6.45, 7) is 5.41. The van der Waals surface area contributed by atoms with Crippen LogP contribution in [0, 0.1) is 0 Å². The number of hydrogen-bond acceptors (Lipinski definition) is 3. The smallest absolute Gasteiger partial charge is 0.234 e. The van der Waals surface area contributed by atoms with E-state index in [1.165, 1.54) is 0 Å². The van der Waals surface area contributed by atoms with Crippen LogP contribution >= 0.6 is 11.6 Å². The third kappa shape index (κ3) is 3.30. The highest BCUT2D eigenvalue weighted by Gasteiger charge is 2.37. The number of carbonyl (C=O) groups is 1. The second-order valence-electron chi connectivity index (χ2n) is 6.47. The molecule has 1 aromatic carbocycles. The van der Waals surface area contributed by atoms with Crippen molar-refractivity contribution in [1.82, 2.24) is 9.88 Å². The van der Waals surface area contributed by atoms with Crippen LogP contribution in [0.1, 0.15) is 31.2 Å². The number of nitrogens with zero attached hydrogens (tertiary/aromatic N) is 2. The van der Waals surface area contributed by atoms with Gasteiger partial charge in [0.1, 0.15) is 6.10 Å². The number of amides is 1. The van der Waals surface area contributed by atoms with Crippen LogP contribution in [-0.4, -0.2) is 35.5 Å². The van der Waals surface area contributed by atoms with Crippen LogP contribution in [-0.2, 0) is 14.9 Å². The molecule has 1 aromatic heterocycles. The molecule has 2 aromatic rings. The molecule has 1 aliphatic rings. The molecule has 1 saturated heterocycles. The number of morpholine rings is 1. The summed E-state index contributed by atoms with van der Waals surface area (Å²) in [5.74, 6) is 0.0570. The Morgan fingerprint density at radius 1 is 1.25 bits per heavy atom. The first-order valence-electron chi connectivity index (χ1n) is 8.07. The third-order valence-electron chi connectivity index (χ3n) is 4.45. The molecule has 1 atom stereocenters. The van der Waals surface area contributed by atoms with Crippen LogP contribution < -0.4 is 0 Å². The molecule has 0 aliphatic carbocycles. The van der Waals surface area contributed by atoms with Gasteiger partial charge in [-0.3, -0.25) is 9.78 Å². The number of rotatable bonds is 3. The largest absolute Gasteiger partial charge is 0.370 e. The van der Waals surface area contributed by atoms with Gasteiger partial charge < -0.3 is 9.64 Å². The van der Waals surface area contributed by atoms with Crippen LogP contribution in [0.25, 0.3) is 0 Å². The predicted molar refractivity (Wildman–Crippen MR) is 94.0 cm³/mol. The number of ether oxygens (including phenoxy) is 1. The van der Waals surface area contributed by atoms with Gasteiger partial charge >= 0.3 is 0 Å². The van der Waals surface area contributed by atoms with Gasteiger partial charge in [-0.05, 0) is 32.0 Å². The maximum Gasteiger partial charge on any atom is 0.234 e. The van der Waals surface area contributed by atoms with E-state index in [0.29, 0.717) is 24.7 Å². The van der Waals surface area contributed by atoms with Gasteiger partial charge in [0.2, 0.25) is 5.91 Å². The van der Waals surface area contributed by atoms with E-state index in [9.17, 15) is 4.79 Å². The SMILES string of the molecule is CC(C)(C(=O)N1CCO[C@@H](c2ccccc2Cl)C1)c1ccccn1. The Hall–Kier alpha value is -1.91. The number of hydrogen-bond donors (Lipinski definition) is 0. The first kappa shape index (κ1) is 16.9. The molecule has 24 heavy (non-hydrogen) atoms. The molecular formula is C19H21ClN2O2. The zero-order chi connectivity index (χ0) is 17.2. The van der Waals surface area contributed by atoms with E-state index in [4.69, 9.17) is 16.3 Å². The molecular weight excluding hydrogens is 324 g/mol. The summed E-state index contributed by atoms with van der Waals surface area (Å²) in [7, 11) is 0. The fraction of sp³-hybridized carbons (Fsp3) is 0.368. The monoisotopic (exact) mass is 344 g/mol. The van der Waals surface area contributed by atoms with Gasteiger partial charge in [-0.1, -0.05) is 35.9 Å². The summed E-state index contributed by atoms with van der Waals surface area (Å²) in [6, 6.07) is 13.3. The highest BCUT2D eigenvalue weighted by Crippen LogP contribution is 2.31. The number of pyridine rings is 1. The average molecular weight is 345 g/mol. The van der Waals surface area contributed by atoms with Crippen LogP contribution in [0.2, 0.25) is 5.02 Å². The summed E-state index contributed by atoms with van der Waals surface area (Å²) < 4.78 is 5.85. The minimum atomic E-state index is -0.677. The van der Waals surface area contributed by atoms with E-state index >= 15 is 0 Å². The lowest BCUT2D eigenvalue weighted by molar-refractivity contribution is -0.144. The molecule has 4 nitrogen and oxygen atoms in total. The van der Waals surface area contributed by atoms with E-state index in [0.717, 1.165) is 11.3 Å². The minimum Gasteiger partial charge on any atom is -0.370 e. The van der Waals surface area contributed by atoms with Gasteiger partial charge in [-0.25, -0.2) is 0 Å². The zero-order valence-electron chi connectivity index (χ0n) is 13.9. The van der Waals surface area contributed by atoms with Gasteiger partial charge in [-0.15, -0.1) is 0 Å². The topological polar surface area (TPSA) is 42.4 Å². The zero-order valence-corrected chi connectivity index (χ0v) is 14.7. The Morgan fingerprint density at radius 2 is 2.00 bits per heavy atom. The third-order valence-corrected chi connectivity index (χ3v) is 4.79. The minimum absolute atomic E-state index is 0.0570. The van der Waals surface area contributed by atoms with E-state index < -0.39 is 5.41 Å². The maximum absolute atomic E-state index is 13.1. The van der Waals surface area contributed by atoms with E-state index in [1.807, 2.05) is 61.2 Å². The fourth-order valence-corrected chi connectivity index (χ4v) is 3.25. The van der Waals surface area contributed by atoms with Gasteiger partial charge in [-0.2, -0.15) is 0 Å². The fourth-order valence-electron chi connectivity index (χ4n) is 3.00. The van der Waals surface area contributed by atoms with Crippen molar-refractivity contribution in [2.45, 2.75) is 25.4 Å². The molecule has 3 rings (SSSR count). The lowest BCUT2D eigenvalue weighted by Gasteiger charge is -2.37. The van der Waals surface area contributed by atoms with Gasteiger partial charge in [0, 0.05) is 23.3 Å². The van der Waals surface area contributed by atoms with Crippen molar-refractivity contribution in [1.29, 1.82) is 0 Å². The second kappa shape index (κ2) is 6.91. The van der Waals surface area contributed by atoms with Crippen molar-refractivity contribution < 1.29 is 9.53 Å². The summed E-state index contributed by atoms with van der Waals surface area (Å²) >= 11 is 6.28. The van der Waals surface area contributed by atoms with Gasteiger partial charge in [0.05, 0.1) is 24.3 Å². The molecule has 5 heteroatoms. The normalized spacial score (nSPS) is 18.5. The number of carbonyl (C=O) groups excluding carboxylic acids is 1. The van der Waals surface area contributed by atoms with Crippen molar-refractivity contribution in [2.75, 3.05) is 19.7 Å².